The van der Waals surface area contributed by atoms with Crippen molar-refractivity contribution in [2.75, 3.05) is 12.4 Å². The minimum atomic E-state index is -3.71. The third-order valence-corrected chi connectivity index (χ3v) is 4.08. The Kier molecular flexibility index (Phi) is 5.16. The summed E-state index contributed by atoms with van der Waals surface area (Å²) in [7, 11) is 1.47. The molecule has 0 saturated carbocycles. The normalized spacial score (nSPS) is 12.2. The van der Waals surface area contributed by atoms with Crippen LogP contribution in [0.25, 0.3) is 0 Å². The molecule has 6 nitrogen and oxygen atoms in total. The fourth-order valence-electron chi connectivity index (χ4n) is 1.73. The molecule has 0 unspecified atom stereocenters. The summed E-state index contributed by atoms with van der Waals surface area (Å²) >= 11 is 0. The highest BCUT2D eigenvalue weighted by atomic mass is 35.7. The molecule has 0 bridgehead atoms. The first-order chi connectivity index (χ1) is 9.41. The van der Waals surface area contributed by atoms with Gasteiger partial charge in [-0.1, -0.05) is 13.8 Å². The summed E-state index contributed by atoms with van der Waals surface area (Å²) in [4.78, 5) is 9.99. The number of rotatable bonds is 6. The molecule has 118 valence electrons. The van der Waals surface area contributed by atoms with Gasteiger partial charge in [0.1, 0.15) is 0 Å². The van der Waals surface area contributed by atoms with Crippen molar-refractivity contribution in [1.29, 1.82) is 0 Å². The Hall–Kier alpha value is -1.41. The lowest BCUT2D eigenvalue weighted by atomic mass is 9.98. The van der Waals surface area contributed by atoms with Crippen LogP contribution < -0.4 is 4.74 Å². The minimum absolute atomic E-state index is 0.104. The Morgan fingerprint density at radius 3 is 2.48 bits per heavy atom. The van der Waals surface area contributed by atoms with E-state index >= 15 is 0 Å². The molecule has 1 rings (SSSR count). The van der Waals surface area contributed by atoms with Gasteiger partial charge in [0.15, 0.2) is 11.6 Å². The Morgan fingerprint density at radius 1 is 1.43 bits per heavy atom. The summed E-state index contributed by atoms with van der Waals surface area (Å²) in [6.07, 6.45) is 0. The second-order valence-electron chi connectivity index (χ2n) is 5.46. The molecule has 0 aliphatic carbocycles. The van der Waals surface area contributed by atoms with Gasteiger partial charge < -0.3 is 4.74 Å². The van der Waals surface area contributed by atoms with E-state index in [4.69, 9.17) is 15.4 Å². The smallest absolute Gasteiger partial charge is 0.275 e. The lowest BCUT2D eigenvalue weighted by molar-refractivity contribution is -0.385. The van der Waals surface area contributed by atoms with Gasteiger partial charge >= 0.3 is 0 Å². The first-order valence-electron chi connectivity index (χ1n) is 5.91. The fourth-order valence-corrected chi connectivity index (χ4v) is 3.64. The summed E-state index contributed by atoms with van der Waals surface area (Å²) in [6.45, 7) is 4.55. The van der Waals surface area contributed by atoms with Crippen LogP contribution in [0.4, 0.5) is 10.1 Å². The molecule has 0 aliphatic heterocycles. The highest BCUT2D eigenvalue weighted by Crippen LogP contribution is 2.29. The zero-order chi connectivity index (χ0) is 16.4. The number of hydrogen-bond donors (Lipinski definition) is 0. The van der Waals surface area contributed by atoms with E-state index in [1.165, 1.54) is 13.0 Å². The third-order valence-electron chi connectivity index (χ3n) is 2.63. The van der Waals surface area contributed by atoms with Gasteiger partial charge in [-0.25, -0.2) is 12.8 Å². The van der Waals surface area contributed by atoms with Crippen LogP contribution in [-0.2, 0) is 9.05 Å². The highest BCUT2D eigenvalue weighted by Gasteiger charge is 2.27. The van der Waals surface area contributed by atoms with E-state index in [1.54, 1.807) is 13.8 Å². The van der Waals surface area contributed by atoms with Crippen molar-refractivity contribution >= 4 is 25.4 Å². The third kappa shape index (κ3) is 5.47. The standard InChI is InChI=1S/C12H15ClFNO5S/c1-8-4-11(9(14)5-10(8)15(16)17)20-6-12(2,3)7-21(13,18)19/h4-5H,6-7H2,1-3H3. The number of ether oxygens (including phenoxy) is 1. The van der Waals surface area contributed by atoms with Crippen LogP contribution in [0.1, 0.15) is 19.4 Å². The van der Waals surface area contributed by atoms with Crippen LogP contribution in [0, 0.1) is 28.3 Å². The molecule has 0 aromatic heterocycles. The molecular weight excluding hydrogens is 325 g/mol. The Balaban J connectivity index is 2.90. The predicted octanol–water partition coefficient (Wildman–Crippen LogP) is 3.02. The molecule has 0 saturated heterocycles. The van der Waals surface area contributed by atoms with Gasteiger partial charge in [-0.3, -0.25) is 10.1 Å². The summed E-state index contributed by atoms with van der Waals surface area (Å²) in [5.41, 5.74) is -0.926. The van der Waals surface area contributed by atoms with Gasteiger partial charge in [-0.05, 0) is 13.0 Å². The van der Waals surface area contributed by atoms with Crippen LogP contribution in [-0.4, -0.2) is 25.7 Å². The number of aryl methyl sites for hydroxylation is 1. The molecule has 0 N–H and O–H groups in total. The molecule has 1 aromatic rings. The topological polar surface area (TPSA) is 86.5 Å². The quantitative estimate of drug-likeness (QED) is 0.451. The lowest BCUT2D eigenvalue weighted by Crippen LogP contribution is -2.28. The summed E-state index contributed by atoms with van der Waals surface area (Å²) in [5, 5.41) is 10.7. The zero-order valence-corrected chi connectivity index (χ0v) is 13.3. The number of nitro groups is 1. The molecule has 21 heavy (non-hydrogen) atoms. The average molecular weight is 340 g/mol. The van der Waals surface area contributed by atoms with Crippen LogP contribution >= 0.6 is 10.7 Å². The van der Waals surface area contributed by atoms with Crippen LogP contribution in [0.15, 0.2) is 12.1 Å². The van der Waals surface area contributed by atoms with Crippen molar-refractivity contribution in [3.63, 3.8) is 0 Å². The summed E-state index contributed by atoms with van der Waals surface area (Å²) < 4.78 is 41.1. The van der Waals surface area contributed by atoms with E-state index in [9.17, 15) is 22.9 Å². The van der Waals surface area contributed by atoms with Crippen molar-refractivity contribution in [1.82, 2.24) is 0 Å². The second-order valence-corrected chi connectivity index (χ2v) is 8.24. The second kappa shape index (κ2) is 6.15. The Bertz CT molecular complexity index is 660. The Morgan fingerprint density at radius 2 is 2.00 bits per heavy atom. The molecular formula is C12H15ClFNO5S. The van der Waals surface area contributed by atoms with Gasteiger partial charge in [0.25, 0.3) is 5.69 Å². The van der Waals surface area contributed by atoms with Gasteiger partial charge in [0, 0.05) is 21.7 Å². The fraction of sp³-hybridized carbons (Fsp3) is 0.500. The molecule has 0 aliphatic rings. The van der Waals surface area contributed by atoms with E-state index in [2.05, 4.69) is 0 Å². The lowest BCUT2D eigenvalue weighted by Gasteiger charge is -2.23. The molecule has 0 atom stereocenters. The monoisotopic (exact) mass is 339 g/mol. The maximum absolute atomic E-state index is 13.7. The molecule has 1 aromatic carbocycles. The van der Waals surface area contributed by atoms with Crippen molar-refractivity contribution < 1.29 is 22.5 Å². The number of hydrogen-bond acceptors (Lipinski definition) is 5. The molecule has 0 spiro atoms. The number of nitrogens with zero attached hydrogens (tertiary/aromatic N) is 1. The predicted molar refractivity (Wildman–Crippen MR) is 76.7 cm³/mol. The van der Waals surface area contributed by atoms with Crippen LogP contribution in [0.3, 0.4) is 0 Å². The Labute approximate surface area is 126 Å². The van der Waals surface area contributed by atoms with Gasteiger partial charge in [0.2, 0.25) is 9.05 Å². The van der Waals surface area contributed by atoms with Crippen molar-refractivity contribution in [2.24, 2.45) is 5.41 Å². The zero-order valence-electron chi connectivity index (χ0n) is 11.7. The summed E-state index contributed by atoms with van der Waals surface area (Å²) in [6, 6.07) is 1.98. The minimum Gasteiger partial charge on any atom is -0.490 e. The van der Waals surface area contributed by atoms with Crippen molar-refractivity contribution in [3.05, 3.63) is 33.6 Å². The molecule has 0 heterocycles. The van der Waals surface area contributed by atoms with E-state index < -0.39 is 25.2 Å². The molecule has 0 radical (unpaired) electrons. The number of benzene rings is 1. The SMILES string of the molecule is Cc1cc(OCC(C)(C)CS(=O)(=O)Cl)c(F)cc1[N+](=O)[O-]. The molecule has 9 heteroatoms. The van der Waals surface area contributed by atoms with E-state index in [1.807, 2.05) is 0 Å². The number of nitro benzene ring substituents is 1. The first kappa shape index (κ1) is 17.6. The largest absolute Gasteiger partial charge is 0.490 e. The average Bonchev–Trinajstić information content (AvgIpc) is 2.26. The van der Waals surface area contributed by atoms with E-state index in [0.29, 0.717) is 0 Å². The number of halogens is 2. The van der Waals surface area contributed by atoms with Gasteiger partial charge in [0.05, 0.1) is 23.3 Å². The van der Waals surface area contributed by atoms with E-state index in [-0.39, 0.29) is 29.4 Å². The van der Waals surface area contributed by atoms with Gasteiger partial charge in [-0.2, -0.15) is 0 Å². The molecule has 0 amide bonds. The van der Waals surface area contributed by atoms with Gasteiger partial charge in [-0.15, -0.1) is 0 Å². The van der Waals surface area contributed by atoms with E-state index in [0.717, 1.165) is 6.07 Å². The molecule has 0 fully saturated rings. The summed E-state index contributed by atoms with van der Waals surface area (Å²) in [5.74, 6) is -1.38. The first-order valence-corrected chi connectivity index (χ1v) is 8.39. The van der Waals surface area contributed by atoms with Crippen LogP contribution in [0.5, 0.6) is 5.75 Å². The van der Waals surface area contributed by atoms with Crippen LogP contribution in [0.2, 0.25) is 0 Å². The highest BCUT2D eigenvalue weighted by molar-refractivity contribution is 8.13. The maximum Gasteiger partial charge on any atom is 0.275 e. The van der Waals surface area contributed by atoms with Crippen molar-refractivity contribution in [3.8, 4) is 5.75 Å². The maximum atomic E-state index is 13.7. The van der Waals surface area contributed by atoms with Crippen molar-refractivity contribution in [2.45, 2.75) is 20.8 Å².